The van der Waals surface area contributed by atoms with Crippen LogP contribution in [0.1, 0.15) is 34.6 Å². The fourth-order valence-electron chi connectivity index (χ4n) is 2.41. The predicted octanol–water partition coefficient (Wildman–Crippen LogP) is 2.90. The van der Waals surface area contributed by atoms with Gasteiger partial charge in [0.05, 0.1) is 25.0 Å². The lowest BCUT2D eigenvalue weighted by atomic mass is 10.1. The first-order chi connectivity index (χ1) is 13.7. The maximum atomic E-state index is 12.3. The van der Waals surface area contributed by atoms with Gasteiger partial charge in [-0.25, -0.2) is 13.2 Å². The monoisotopic (exact) mass is 421 g/mol. The second-order valence-corrected chi connectivity index (χ2v) is 7.73. The van der Waals surface area contributed by atoms with E-state index in [2.05, 4.69) is 4.72 Å². The minimum Gasteiger partial charge on any atom is -0.490 e. The summed E-state index contributed by atoms with van der Waals surface area (Å²) >= 11 is 0. The van der Waals surface area contributed by atoms with Gasteiger partial charge in [-0.05, 0) is 56.3 Å². The van der Waals surface area contributed by atoms with Crippen molar-refractivity contribution in [3.8, 4) is 11.5 Å². The van der Waals surface area contributed by atoms with Crippen molar-refractivity contribution in [2.24, 2.45) is 0 Å². The van der Waals surface area contributed by atoms with Gasteiger partial charge in [0.25, 0.3) is 0 Å². The molecule has 9 heteroatoms. The molecule has 156 valence electrons. The van der Waals surface area contributed by atoms with E-state index in [4.69, 9.17) is 14.2 Å². The van der Waals surface area contributed by atoms with E-state index in [1.807, 2.05) is 13.8 Å². The highest BCUT2D eigenvalue weighted by molar-refractivity contribution is 7.92. The number of carbonyl (C=O) groups is 2. The number of sulfonamides is 1. The zero-order valence-corrected chi connectivity index (χ0v) is 17.2. The lowest BCUT2D eigenvalue weighted by Crippen LogP contribution is -2.15. The number of Topliss-reactive ketones (excluding diaryl/α,β-unsaturated/α-hetero) is 1. The van der Waals surface area contributed by atoms with Crippen molar-refractivity contribution in [3.05, 3.63) is 53.6 Å². The van der Waals surface area contributed by atoms with Gasteiger partial charge in [-0.1, -0.05) is 0 Å². The topological polar surface area (TPSA) is 108 Å². The SMILES string of the molecule is CCOc1ccc(C(=O)OCC(=O)c2ccc(NS(C)(=O)=O)cc2)cc1OCC. The molecule has 0 aliphatic carbocycles. The molecule has 0 aliphatic rings. The Bertz CT molecular complexity index is 969. The molecule has 1 N–H and O–H groups in total. The third kappa shape index (κ3) is 6.79. The molecule has 0 amide bonds. The van der Waals surface area contributed by atoms with Crippen LogP contribution in [0.5, 0.6) is 11.5 Å². The van der Waals surface area contributed by atoms with Crippen LogP contribution in [0.15, 0.2) is 42.5 Å². The predicted molar refractivity (Wildman–Crippen MR) is 108 cm³/mol. The molecular weight excluding hydrogens is 398 g/mol. The quantitative estimate of drug-likeness (QED) is 0.464. The Hall–Kier alpha value is -3.07. The highest BCUT2D eigenvalue weighted by Crippen LogP contribution is 2.28. The number of rotatable bonds is 10. The van der Waals surface area contributed by atoms with E-state index >= 15 is 0 Å². The van der Waals surface area contributed by atoms with Crippen LogP contribution in [-0.2, 0) is 14.8 Å². The molecule has 0 saturated carbocycles. The second-order valence-electron chi connectivity index (χ2n) is 5.98. The van der Waals surface area contributed by atoms with Crippen molar-refractivity contribution in [2.45, 2.75) is 13.8 Å². The minimum atomic E-state index is -3.40. The van der Waals surface area contributed by atoms with Crippen LogP contribution in [0.3, 0.4) is 0 Å². The van der Waals surface area contributed by atoms with Crippen molar-refractivity contribution in [3.63, 3.8) is 0 Å². The summed E-state index contributed by atoms with van der Waals surface area (Å²) in [6, 6.07) is 10.5. The molecule has 0 aliphatic heterocycles. The van der Waals surface area contributed by atoms with Gasteiger partial charge in [0.15, 0.2) is 23.9 Å². The second kappa shape index (κ2) is 9.92. The van der Waals surface area contributed by atoms with Gasteiger partial charge < -0.3 is 14.2 Å². The molecule has 2 aromatic carbocycles. The molecule has 0 aromatic heterocycles. The van der Waals surface area contributed by atoms with Gasteiger partial charge >= 0.3 is 5.97 Å². The number of ether oxygens (including phenoxy) is 3. The Morgan fingerprint density at radius 2 is 1.48 bits per heavy atom. The maximum Gasteiger partial charge on any atom is 0.338 e. The fraction of sp³-hybridized carbons (Fsp3) is 0.300. The van der Waals surface area contributed by atoms with Gasteiger partial charge in [0.1, 0.15) is 0 Å². The molecule has 8 nitrogen and oxygen atoms in total. The summed E-state index contributed by atoms with van der Waals surface area (Å²) in [6.07, 6.45) is 1.03. The van der Waals surface area contributed by atoms with Crippen molar-refractivity contribution in [2.75, 3.05) is 30.8 Å². The first-order valence-corrected chi connectivity index (χ1v) is 10.8. The summed E-state index contributed by atoms with van der Waals surface area (Å²) in [5.41, 5.74) is 0.856. The van der Waals surface area contributed by atoms with Crippen LogP contribution in [0.2, 0.25) is 0 Å². The summed E-state index contributed by atoms with van der Waals surface area (Å²) in [5.74, 6) is -0.146. The lowest BCUT2D eigenvalue weighted by molar-refractivity contribution is 0.0474. The summed E-state index contributed by atoms with van der Waals surface area (Å²) < 4.78 is 40.7. The summed E-state index contributed by atoms with van der Waals surface area (Å²) in [6.45, 7) is 4.07. The first kappa shape index (κ1) is 22.2. The van der Waals surface area contributed by atoms with Gasteiger partial charge in [-0.15, -0.1) is 0 Å². The Morgan fingerprint density at radius 3 is 2.07 bits per heavy atom. The molecule has 0 atom stereocenters. The van der Waals surface area contributed by atoms with E-state index in [0.717, 1.165) is 6.26 Å². The highest BCUT2D eigenvalue weighted by Gasteiger charge is 2.15. The molecule has 0 radical (unpaired) electrons. The molecule has 2 aromatic rings. The molecule has 0 spiro atoms. The zero-order chi connectivity index (χ0) is 21.4. The largest absolute Gasteiger partial charge is 0.490 e. The zero-order valence-electron chi connectivity index (χ0n) is 16.4. The van der Waals surface area contributed by atoms with Gasteiger partial charge in [-0.3, -0.25) is 9.52 Å². The number of hydrogen-bond donors (Lipinski definition) is 1. The Labute approximate surface area is 169 Å². The van der Waals surface area contributed by atoms with E-state index in [1.54, 1.807) is 6.07 Å². The Morgan fingerprint density at radius 1 is 0.897 bits per heavy atom. The van der Waals surface area contributed by atoms with Crippen LogP contribution in [0, 0.1) is 0 Å². The number of hydrogen-bond acceptors (Lipinski definition) is 7. The number of carbonyl (C=O) groups excluding carboxylic acids is 2. The van der Waals surface area contributed by atoms with Crippen LogP contribution in [-0.4, -0.2) is 46.2 Å². The number of anilines is 1. The standard InChI is InChI=1S/C20H23NO7S/c1-4-26-18-11-8-15(12-19(18)27-5-2)20(23)28-13-17(22)14-6-9-16(10-7-14)21-29(3,24)25/h6-12,21H,4-5,13H2,1-3H3. The van der Waals surface area contributed by atoms with Gasteiger partial charge in [0, 0.05) is 11.3 Å². The number of ketones is 1. The smallest absolute Gasteiger partial charge is 0.338 e. The number of benzene rings is 2. The maximum absolute atomic E-state index is 12.3. The molecule has 0 unspecified atom stereocenters. The van der Waals surface area contributed by atoms with E-state index < -0.39 is 28.4 Å². The Balaban J connectivity index is 2.01. The number of esters is 1. The third-order valence-corrected chi connectivity index (χ3v) is 4.23. The molecule has 29 heavy (non-hydrogen) atoms. The molecule has 0 heterocycles. The normalized spacial score (nSPS) is 10.9. The molecular formula is C20H23NO7S. The third-order valence-electron chi connectivity index (χ3n) is 3.62. The molecule has 0 fully saturated rings. The average Bonchev–Trinajstić information content (AvgIpc) is 2.67. The van der Waals surface area contributed by atoms with E-state index in [0.29, 0.717) is 36.0 Å². The minimum absolute atomic E-state index is 0.234. The van der Waals surface area contributed by atoms with Crippen molar-refractivity contribution >= 4 is 27.5 Å². The lowest BCUT2D eigenvalue weighted by Gasteiger charge is -2.12. The first-order valence-electron chi connectivity index (χ1n) is 8.91. The van der Waals surface area contributed by atoms with Crippen LogP contribution >= 0.6 is 0 Å². The van der Waals surface area contributed by atoms with Crippen LogP contribution < -0.4 is 14.2 Å². The van der Waals surface area contributed by atoms with Crippen molar-refractivity contribution in [1.82, 2.24) is 0 Å². The van der Waals surface area contributed by atoms with E-state index in [-0.39, 0.29) is 5.56 Å². The van der Waals surface area contributed by atoms with Crippen LogP contribution in [0.4, 0.5) is 5.69 Å². The summed E-state index contributed by atoms with van der Waals surface area (Å²) in [5, 5.41) is 0. The Kier molecular flexibility index (Phi) is 7.60. The van der Waals surface area contributed by atoms with Gasteiger partial charge in [-0.2, -0.15) is 0 Å². The number of nitrogens with one attached hydrogen (secondary N) is 1. The van der Waals surface area contributed by atoms with Crippen LogP contribution in [0.25, 0.3) is 0 Å². The average molecular weight is 421 g/mol. The fourth-order valence-corrected chi connectivity index (χ4v) is 2.98. The van der Waals surface area contributed by atoms with Crippen molar-refractivity contribution < 1.29 is 32.2 Å². The molecule has 0 saturated heterocycles. The van der Waals surface area contributed by atoms with E-state index in [9.17, 15) is 18.0 Å². The van der Waals surface area contributed by atoms with E-state index in [1.165, 1.54) is 36.4 Å². The molecule has 2 rings (SSSR count). The highest BCUT2D eigenvalue weighted by atomic mass is 32.2. The summed E-state index contributed by atoms with van der Waals surface area (Å²) in [4.78, 5) is 24.5. The summed E-state index contributed by atoms with van der Waals surface area (Å²) in [7, 11) is -3.40. The van der Waals surface area contributed by atoms with Crippen molar-refractivity contribution in [1.29, 1.82) is 0 Å². The molecule has 0 bridgehead atoms. The van der Waals surface area contributed by atoms with Gasteiger partial charge in [0.2, 0.25) is 10.0 Å².